The number of amides is 1. The fourth-order valence-electron chi connectivity index (χ4n) is 0.734. The summed E-state index contributed by atoms with van der Waals surface area (Å²) in [5, 5.41) is 0. The molecule has 1 heterocycles. The molecule has 3 nitrogen and oxygen atoms in total. The Morgan fingerprint density at radius 3 is 2.08 bits per heavy atom. The quantitative estimate of drug-likeness (QED) is 0.381. The van der Waals surface area contributed by atoms with E-state index in [1.807, 2.05) is 27.2 Å². The molecule has 0 aromatic rings. The van der Waals surface area contributed by atoms with E-state index in [1.54, 1.807) is 4.90 Å². The van der Waals surface area contributed by atoms with Crippen LogP contribution in [0.3, 0.4) is 0 Å². The largest absolute Gasteiger partial charge is 0.444 e. The van der Waals surface area contributed by atoms with E-state index in [4.69, 9.17) is 4.74 Å². The van der Waals surface area contributed by atoms with Gasteiger partial charge in [-0.25, -0.2) is 4.79 Å². The van der Waals surface area contributed by atoms with Gasteiger partial charge in [-0.15, -0.1) is 37.1 Å². The average Bonchev–Trinajstić information content (AvgIpc) is 1.50. The van der Waals surface area contributed by atoms with Crippen molar-refractivity contribution in [1.29, 1.82) is 0 Å². The molecule has 1 saturated heterocycles. The third-order valence-corrected chi connectivity index (χ3v) is 1.35. The van der Waals surface area contributed by atoms with Gasteiger partial charge in [0.15, 0.2) is 0 Å². The predicted molar refractivity (Wildman–Crippen MR) is 57.5 cm³/mol. The number of carbonyl (C=O) groups is 1. The SMILES string of the molecule is CC(C)(C)OC(=O)N1C[CH-]C1.I.[Zn]. The molecule has 0 atom stereocenters. The summed E-state index contributed by atoms with van der Waals surface area (Å²) < 4.78 is 5.11. The van der Waals surface area contributed by atoms with Gasteiger partial charge >= 0.3 is 6.09 Å². The standard InChI is InChI=1S/C8H14NO2.HI.Zn/c1-8(2,3)11-7(10)9-5-4-6-9;;/h4H,5-6H2,1-3H3;1H;/q-1;;. The number of halogens is 1. The van der Waals surface area contributed by atoms with E-state index < -0.39 is 0 Å². The van der Waals surface area contributed by atoms with Crippen LogP contribution >= 0.6 is 24.0 Å². The zero-order chi connectivity index (χ0) is 8.48. The third kappa shape index (κ3) is 5.84. The van der Waals surface area contributed by atoms with Gasteiger partial charge in [-0.2, -0.15) is 0 Å². The van der Waals surface area contributed by atoms with Gasteiger partial charge in [0.25, 0.3) is 0 Å². The molecule has 1 aliphatic heterocycles. The van der Waals surface area contributed by atoms with Crippen LogP contribution in [0.4, 0.5) is 4.79 Å². The van der Waals surface area contributed by atoms with Crippen molar-refractivity contribution in [2.24, 2.45) is 0 Å². The Bertz CT molecular complexity index is 166. The molecule has 5 heteroatoms. The molecular weight excluding hydrogens is 334 g/mol. The minimum atomic E-state index is -0.368. The maximum Gasteiger partial charge on any atom is 0.405 e. The smallest absolute Gasteiger partial charge is 0.405 e. The first kappa shape index (κ1) is 16.1. The first-order valence-electron chi connectivity index (χ1n) is 3.78. The number of nitrogens with zero attached hydrogens (tertiary/aromatic N) is 1. The Morgan fingerprint density at radius 2 is 1.85 bits per heavy atom. The molecule has 0 aromatic heterocycles. The second kappa shape index (κ2) is 6.17. The van der Waals surface area contributed by atoms with E-state index >= 15 is 0 Å². The van der Waals surface area contributed by atoms with Crippen molar-refractivity contribution in [2.45, 2.75) is 26.4 Å². The van der Waals surface area contributed by atoms with E-state index in [9.17, 15) is 4.79 Å². The molecule has 1 rings (SSSR count). The van der Waals surface area contributed by atoms with E-state index in [0.29, 0.717) is 0 Å². The fraction of sp³-hybridized carbons (Fsp3) is 0.750. The maximum absolute atomic E-state index is 11.1. The van der Waals surface area contributed by atoms with Gasteiger partial charge in [0, 0.05) is 19.5 Å². The van der Waals surface area contributed by atoms with Crippen LogP contribution < -0.4 is 0 Å². The topological polar surface area (TPSA) is 29.5 Å². The molecule has 0 aromatic carbocycles. The van der Waals surface area contributed by atoms with Crippen LogP contribution in [0.15, 0.2) is 0 Å². The summed E-state index contributed by atoms with van der Waals surface area (Å²) in [6.45, 7) is 7.07. The second-order valence-corrected chi connectivity index (χ2v) is 3.67. The van der Waals surface area contributed by atoms with Crippen LogP contribution in [-0.4, -0.2) is 29.7 Å². The van der Waals surface area contributed by atoms with Crippen molar-refractivity contribution in [3.05, 3.63) is 6.42 Å². The van der Waals surface area contributed by atoms with Crippen molar-refractivity contribution < 1.29 is 29.0 Å². The molecule has 13 heavy (non-hydrogen) atoms. The Hall–Kier alpha value is 0.623. The molecule has 0 N–H and O–H groups in total. The number of hydrogen-bond donors (Lipinski definition) is 0. The first-order chi connectivity index (χ1) is 4.99. The van der Waals surface area contributed by atoms with Crippen molar-refractivity contribution >= 4 is 30.1 Å². The molecule has 0 spiro atoms. The predicted octanol–water partition coefficient (Wildman–Crippen LogP) is 2.06. The molecule has 74 valence electrons. The summed E-state index contributed by atoms with van der Waals surface area (Å²) in [5.41, 5.74) is -0.368. The number of ether oxygens (including phenoxy) is 1. The number of likely N-dealkylation sites (tertiary alicyclic amines) is 1. The summed E-state index contributed by atoms with van der Waals surface area (Å²) >= 11 is 0. The van der Waals surface area contributed by atoms with E-state index in [-0.39, 0.29) is 55.1 Å². The van der Waals surface area contributed by atoms with Gasteiger partial charge in [-0.1, -0.05) is 0 Å². The Balaban J connectivity index is 0. The van der Waals surface area contributed by atoms with Gasteiger partial charge < -0.3 is 9.64 Å². The Labute approximate surface area is 109 Å². The van der Waals surface area contributed by atoms with E-state index in [2.05, 4.69) is 0 Å². The molecular formula is C8H15INO2Zn-. The average molecular weight is 350 g/mol. The molecule has 1 aliphatic rings. The van der Waals surface area contributed by atoms with Crippen LogP contribution in [0.25, 0.3) is 0 Å². The van der Waals surface area contributed by atoms with Gasteiger partial charge in [-0.3, -0.25) is 6.42 Å². The van der Waals surface area contributed by atoms with Crippen molar-refractivity contribution in [2.75, 3.05) is 13.1 Å². The second-order valence-electron chi connectivity index (χ2n) is 3.67. The van der Waals surface area contributed by atoms with Crippen molar-refractivity contribution in [3.63, 3.8) is 0 Å². The summed E-state index contributed by atoms with van der Waals surface area (Å²) in [4.78, 5) is 12.8. The fourth-order valence-corrected chi connectivity index (χ4v) is 0.734. The zero-order valence-corrected chi connectivity index (χ0v) is 13.7. The number of rotatable bonds is 0. The Morgan fingerprint density at radius 1 is 1.38 bits per heavy atom. The number of carbonyl (C=O) groups excluding carboxylic acids is 1. The molecule has 0 saturated carbocycles. The summed E-state index contributed by atoms with van der Waals surface area (Å²) in [5.74, 6) is 0. The van der Waals surface area contributed by atoms with E-state index in [0.717, 1.165) is 13.1 Å². The molecule has 1 amide bonds. The third-order valence-electron chi connectivity index (χ3n) is 1.35. The summed E-state index contributed by atoms with van der Waals surface area (Å²) in [7, 11) is 0. The molecule has 0 bridgehead atoms. The van der Waals surface area contributed by atoms with E-state index in [1.165, 1.54) is 0 Å². The van der Waals surface area contributed by atoms with Crippen LogP contribution in [0.1, 0.15) is 20.8 Å². The van der Waals surface area contributed by atoms with Gasteiger partial charge in [0.1, 0.15) is 5.60 Å². The van der Waals surface area contributed by atoms with Crippen LogP contribution in [0.5, 0.6) is 0 Å². The molecule has 0 aliphatic carbocycles. The minimum absolute atomic E-state index is 0. The van der Waals surface area contributed by atoms with Crippen molar-refractivity contribution in [1.82, 2.24) is 4.90 Å². The van der Waals surface area contributed by atoms with Gasteiger partial charge in [0.05, 0.1) is 0 Å². The zero-order valence-electron chi connectivity index (χ0n) is 8.37. The van der Waals surface area contributed by atoms with Crippen LogP contribution in [0, 0.1) is 6.42 Å². The van der Waals surface area contributed by atoms with Gasteiger partial charge in [0.2, 0.25) is 0 Å². The summed E-state index contributed by atoms with van der Waals surface area (Å²) in [6, 6.07) is 0. The van der Waals surface area contributed by atoms with Crippen LogP contribution in [0.2, 0.25) is 0 Å². The maximum atomic E-state index is 11.1. The summed E-state index contributed by atoms with van der Waals surface area (Å²) in [6.07, 6.45) is 1.82. The normalized spacial score (nSPS) is 14.8. The van der Waals surface area contributed by atoms with Crippen molar-refractivity contribution in [3.8, 4) is 0 Å². The molecule has 1 fully saturated rings. The number of hydrogen-bond acceptors (Lipinski definition) is 2. The Kier molecular flexibility index (Phi) is 7.63. The minimum Gasteiger partial charge on any atom is -0.444 e. The monoisotopic (exact) mass is 348 g/mol. The van der Waals surface area contributed by atoms with Gasteiger partial charge in [-0.05, 0) is 20.8 Å². The molecule has 0 radical (unpaired) electrons. The molecule has 0 unspecified atom stereocenters. The van der Waals surface area contributed by atoms with Crippen LogP contribution in [-0.2, 0) is 24.2 Å². The first-order valence-corrected chi connectivity index (χ1v) is 3.78.